The second-order valence-electron chi connectivity index (χ2n) is 3.11. The molecule has 0 spiro atoms. The molecule has 15 heavy (non-hydrogen) atoms. The summed E-state index contributed by atoms with van der Waals surface area (Å²) in [5, 5.41) is 16.4. The summed E-state index contributed by atoms with van der Waals surface area (Å²) in [4.78, 5) is 0. The predicted octanol–water partition coefficient (Wildman–Crippen LogP) is 0.941. The summed E-state index contributed by atoms with van der Waals surface area (Å²) in [6.07, 6.45) is 2.13. The molecule has 2 aromatic rings. The molecule has 4 nitrogen and oxygen atoms in total. The summed E-state index contributed by atoms with van der Waals surface area (Å²) in [6, 6.07) is 6.09. The van der Waals surface area contributed by atoms with Crippen molar-refractivity contribution in [2.45, 2.75) is 6.42 Å². The third kappa shape index (κ3) is 2.19. The fraction of sp³-hybridized carbons (Fsp3) is 0.200. The maximum absolute atomic E-state index is 12.9. The van der Waals surface area contributed by atoms with Gasteiger partial charge in [-0.25, -0.2) is 9.07 Å². The topological polar surface area (TPSA) is 50.9 Å². The van der Waals surface area contributed by atoms with Crippen LogP contribution in [0.5, 0.6) is 0 Å². The van der Waals surface area contributed by atoms with Crippen LogP contribution in [0.2, 0.25) is 0 Å². The molecule has 0 atom stereocenters. The first-order chi connectivity index (χ1) is 7.29. The third-order valence-electron chi connectivity index (χ3n) is 1.98. The van der Waals surface area contributed by atoms with Crippen LogP contribution in [-0.2, 0) is 6.42 Å². The number of hydrogen-bond acceptors (Lipinski definition) is 3. The normalized spacial score (nSPS) is 10.5. The first kappa shape index (κ1) is 9.79. The summed E-state index contributed by atoms with van der Waals surface area (Å²) in [7, 11) is 0. The molecule has 0 amide bonds. The number of rotatable bonds is 3. The highest BCUT2D eigenvalue weighted by Crippen LogP contribution is 2.08. The first-order valence-electron chi connectivity index (χ1n) is 4.57. The molecule has 0 saturated heterocycles. The smallest absolute Gasteiger partial charge is 0.125 e. The fourth-order valence-electron chi connectivity index (χ4n) is 1.27. The third-order valence-corrected chi connectivity index (χ3v) is 1.98. The lowest BCUT2D eigenvalue weighted by molar-refractivity contribution is 0.298. The molecule has 78 valence electrons. The standard InChI is InChI=1S/C10H10FN3O/c11-8-2-1-3-10(6-8)14-7-9(4-5-15)12-13-14/h1-3,6-7,15H,4-5H2. The van der Waals surface area contributed by atoms with Crippen LogP contribution in [0.15, 0.2) is 30.5 Å². The summed E-state index contributed by atoms with van der Waals surface area (Å²) < 4.78 is 14.4. The summed E-state index contributed by atoms with van der Waals surface area (Å²) >= 11 is 0. The van der Waals surface area contributed by atoms with Crippen LogP contribution < -0.4 is 0 Å². The lowest BCUT2D eigenvalue weighted by Crippen LogP contribution is -1.95. The first-order valence-corrected chi connectivity index (χ1v) is 4.57. The molecule has 1 aromatic heterocycles. The van der Waals surface area contributed by atoms with Crippen molar-refractivity contribution in [1.29, 1.82) is 0 Å². The minimum Gasteiger partial charge on any atom is -0.396 e. The maximum Gasteiger partial charge on any atom is 0.125 e. The average molecular weight is 207 g/mol. The lowest BCUT2D eigenvalue weighted by atomic mass is 10.3. The van der Waals surface area contributed by atoms with E-state index in [1.165, 1.54) is 16.8 Å². The van der Waals surface area contributed by atoms with Gasteiger partial charge in [-0.2, -0.15) is 0 Å². The highest BCUT2D eigenvalue weighted by atomic mass is 19.1. The second kappa shape index (κ2) is 4.18. The van der Waals surface area contributed by atoms with Crippen LogP contribution in [0.1, 0.15) is 5.69 Å². The van der Waals surface area contributed by atoms with Crippen LogP contribution in [0.3, 0.4) is 0 Å². The molecule has 0 bridgehead atoms. The zero-order chi connectivity index (χ0) is 10.7. The van der Waals surface area contributed by atoms with Gasteiger partial charge in [0, 0.05) is 13.0 Å². The number of halogens is 1. The van der Waals surface area contributed by atoms with E-state index in [1.807, 2.05) is 0 Å². The molecule has 1 N–H and O–H groups in total. The monoisotopic (exact) mass is 207 g/mol. The number of hydrogen-bond donors (Lipinski definition) is 1. The molecule has 5 heteroatoms. The molecular formula is C10H10FN3O. The fourth-order valence-corrected chi connectivity index (χ4v) is 1.27. The summed E-state index contributed by atoms with van der Waals surface area (Å²) in [5.41, 5.74) is 1.30. The molecule has 0 radical (unpaired) electrons. The highest BCUT2D eigenvalue weighted by molar-refractivity contribution is 5.30. The maximum atomic E-state index is 12.9. The molecule has 0 aliphatic carbocycles. The molecule has 0 aliphatic rings. The zero-order valence-corrected chi connectivity index (χ0v) is 7.97. The van der Waals surface area contributed by atoms with Gasteiger partial charge in [-0.15, -0.1) is 5.10 Å². The average Bonchev–Trinajstić information content (AvgIpc) is 2.67. The van der Waals surface area contributed by atoms with E-state index in [0.29, 0.717) is 17.8 Å². The Morgan fingerprint density at radius 2 is 2.27 bits per heavy atom. The minimum atomic E-state index is -0.313. The number of aliphatic hydroxyl groups is 1. The second-order valence-corrected chi connectivity index (χ2v) is 3.11. The molecular weight excluding hydrogens is 197 g/mol. The van der Waals surface area contributed by atoms with Gasteiger partial charge in [0.2, 0.25) is 0 Å². The van der Waals surface area contributed by atoms with Crippen LogP contribution in [-0.4, -0.2) is 26.7 Å². The van der Waals surface area contributed by atoms with Crippen molar-refractivity contribution in [1.82, 2.24) is 15.0 Å². The molecule has 0 aliphatic heterocycles. The van der Waals surface area contributed by atoms with E-state index < -0.39 is 0 Å². The Balaban J connectivity index is 2.29. The minimum absolute atomic E-state index is 0.0296. The molecule has 1 heterocycles. The van der Waals surface area contributed by atoms with E-state index in [9.17, 15) is 4.39 Å². The van der Waals surface area contributed by atoms with Gasteiger partial charge in [-0.05, 0) is 18.2 Å². The Hall–Kier alpha value is -1.75. The van der Waals surface area contributed by atoms with Crippen LogP contribution in [0.25, 0.3) is 5.69 Å². The van der Waals surface area contributed by atoms with E-state index >= 15 is 0 Å². The molecule has 0 unspecified atom stereocenters. The Labute approximate surface area is 86.0 Å². The summed E-state index contributed by atoms with van der Waals surface area (Å²) in [6.45, 7) is 0.0296. The number of benzene rings is 1. The van der Waals surface area contributed by atoms with E-state index in [-0.39, 0.29) is 12.4 Å². The van der Waals surface area contributed by atoms with Crippen molar-refractivity contribution in [2.75, 3.05) is 6.61 Å². The Kier molecular flexibility index (Phi) is 2.73. The lowest BCUT2D eigenvalue weighted by Gasteiger charge is -1.98. The van der Waals surface area contributed by atoms with E-state index in [2.05, 4.69) is 10.3 Å². The number of aliphatic hydroxyl groups excluding tert-OH is 1. The van der Waals surface area contributed by atoms with Gasteiger partial charge in [-0.1, -0.05) is 11.3 Å². The molecule has 2 rings (SSSR count). The molecule has 0 saturated carbocycles. The van der Waals surface area contributed by atoms with Gasteiger partial charge in [0.1, 0.15) is 5.82 Å². The van der Waals surface area contributed by atoms with Crippen molar-refractivity contribution in [3.05, 3.63) is 42.0 Å². The number of nitrogens with zero attached hydrogens (tertiary/aromatic N) is 3. The quantitative estimate of drug-likeness (QED) is 0.814. The van der Waals surface area contributed by atoms with Gasteiger partial charge in [0.25, 0.3) is 0 Å². The molecule has 1 aromatic carbocycles. The SMILES string of the molecule is OCCc1cn(-c2cccc(F)c2)nn1. The van der Waals surface area contributed by atoms with Crippen molar-refractivity contribution >= 4 is 0 Å². The van der Waals surface area contributed by atoms with E-state index in [1.54, 1.807) is 18.3 Å². The van der Waals surface area contributed by atoms with Gasteiger partial charge in [-0.3, -0.25) is 0 Å². The Bertz CT molecular complexity index is 455. The Morgan fingerprint density at radius 1 is 1.40 bits per heavy atom. The van der Waals surface area contributed by atoms with Gasteiger partial charge in [0.15, 0.2) is 0 Å². The largest absolute Gasteiger partial charge is 0.396 e. The highest BCUT2D eigenvalue weighted by Gasteiger charge is 2.02. The van der Waals surface area contributed by atoms with Crippen molar-refractivity contribution < 1.29 is 9.50 Å². The predicted molar refractivity (Wildman–Crippen MR) is 52.1 cm³/mol. The van der Waals surface area contributed by atoms with Crippen LogP contribution in [0, 0.1) is 5.82 Å². The van der Waals surface area contributed by atoms with E-state index in [0.717, 1.165) is 0 Å². The summed E-state index contributed by atoms with van der Waals surface area (Å²) in [5.74, 6) is -0.313. The van der Waals surface area contributed by atoms with Crippen LogP contribution >= 0.6 is 0 Å². The van der Waals surface area contributed by atoms with Gasteiger partial charge >= 0.3 is 0 Å². The van der Waals surface area contributed by atoms with Crippen LogP contribution in [0.4, 0.5) is 4.39 Å². The van der Waals surface area contributed by atoms with Crippen molar-refractivity contribution in [3.8, 4) is 5.69 Å². The zero-order valence-electron chi connectivity index (χ0n) is 7.97. The number of aromatic nitrogens is 3. The van der Waals surface area contributed by atoms with Crippen molar-refractivity contribution in [2.24, 2.45) is 0 Å². The van der Waals surface area contributed by atoms with Gasteiger partial charge < -0.3 is 5.11 Å². The van der Waals surface area contributed by atoms with E-state index in [4.69, 9.17) is 5.11 Å². The Morgan fingerprint density at radius 3 is 3.00 bits per heavy atom. The molecule has 0 fully saturated rings. The van der Waals surface area contributed by atoms with Gasteiger partial charge in [0.05, 0.1) is 17.6 Å². The van der Waals surface area contributed by atoms with Crippen molar-refractivity contribution in [3.63, 3.8) is 0 Å².